The fourth-order valence-electron chi connectivity index (χ4n) is 1.79. The molecule has 0 aromatic heterocycles. The first-order valence-electron chi connectivity index (χ1n) is 7.76. The standard InChI is InChI=1S/C14H28N2O8/c1-9(17)15(10(2)18)23-13(21)7-5-6-8-14(22)24-16(11(3)19)12(4)20/h9-12,17-20H,5-8H2,1-4H3. The Bertz CT molecular complexity index is 335. The van der Waals surface area contributed by atoms with E-state index in [4.69, 9.17) is 9.68 Å². The van der Waals surface area contributed by atoms with E-state index < -0.39 is 36.9 Å². The third-order valence-corrected chi connectivity index (χ3v) is 2.90. The van der Waals surface area contributed by atoms with Crippen LogP contribution >= 0.6 is 0 Å². The van der Waals surface area contributed by atoms with Gasteiger partial charge in [-0.1, -0.05) is 10.1 Å². The maximum atomic E-state index is 11.6. The minimum Gasteiger partial charge on any atom is -0.375 e. The molecule has 0 heterocycles. The maximum absolute atomic E-state index is 11.6. The second kappa shape index (κ2) is 11.3. The summed E-state index contributed by atoms with van der Waals surface area (Å²) in [7, 11) is 0. The monoisotopic (exact) mass is 352 g/mol. The van der Waals surface area contributed by atoms with Crippen LogP contribution in [0.3, 0.4) is 0 Å². The minimum absolute atomic E-state index is 0.0141. The van der Waals surface area contributed by atoms with E-state index >= 15 is 0 Å². The summed E-state index contributed by atoms with van der Waals surface area (Å²) in [5.41, 5.74) is 0. The molecule has 0 saturated carbocycles. The van der Waals surface area contributed by atoms with E-state index in [2.05, 4.69) is 0 Å². The lowest BCUT2D eigenvalue weighted by atomic mass is 10.2. The SMILES string of the molecule is CC(O)N(OC(=O)CCCCC(=O)ON(C(C)O)C(C)O)C(C)O. The molecule has 0 aromatic rings. The van der Waals surface area contributed by atoms with E-state index in [0.717, 1.165) is 10.1 Å². The highest BCUT2D eigenvalue weighted by Crippen LogP contribution is 2.09. The second-order valence-corrected chi connectivity index (χ2v) is 5.38. The molecule has 4 unspecified atom stereocenters. The Labute approximate surface area is 141 Å². The van der Waals surface area contributed by atoms with Crippen LogP contribution in [0, 0.1) is 0 Å². The molecule has 142 valence electrons. The van der Waals surface area contributed by atoms with Gasteiger partial charge >= 0.3 is 11.9 Å². The molecule has 0 aliphatic carbocycles. The van der Waals surface area contributed by atoms with Gasteiger partial charge in [0.2, 0.25) is 0 Å². The maximum Gasteiger partial charge on any atom is 0.325 e. The van der Waals surface area contributed by atoms with Crippen molar-refractivity contribution < 1.29 is 39.7 Å². The van der Waals surface area contributed by atoms with Gasteiger partial charge in [-0.2, -0.15) is 0 Å². The van der Waals surface area contributed by atoms with Crippen molar-refractivity contribution in [2.24, 2.45) is 0 Å². The molecule has 0 spiro atoms. The van der Waals surface area contributed by atoms with Gasteiger partial charge in [0.25, 0.3) is 0 Å². The highest BCUT2D eigenvalue weighted by atomic mass is 16.7. The van der Waals surface area contributed by atoms with Crippen LogP contribution in [0.25, 0.3) is 0 Å². The van der Waals surface area contributed by atoms with Crippen LogP contribution in [0.15, 0.2) is 0 Å². The first kappa shape index (κ1) is 22.7. The number of hydroxylamine groups is 4. The Balaban J connectivity index is 4.08. The normalized spacial score (nSPS) is 16.6. The Morgan fingerprint density at radius 3 is 1.17 bits per heavy atom. The van der Waals surface area contributed by atoms with Gasteiger partial charge < -0.3 is 30.1 Å². The number of aliphatic hydroxyl groups excluding tert-OH is 4. The average molecular weight is 352 g/mol. The number of nitrogens with zero attached hydrogens (tertiary/aromatic N) is 2. The lowest BCUT2D eigenvalue weighted by molar-refractivity contribution is -0.277. The predicted molar refractivity (Wildman–Crippen MR) is 81.1 cm³/mol. The van der Waals surface area contributed by atoms with E-state index in [1.54, 1.807) is 0 Å². The largest absolute Gasteiger partial charge is 0.375 e. The number of hydrogen-bond donors (Lipinski definition) is 4. The van der Waals surface area contributed by atoms with Gasteiger partial charge in [0.1, 0.15) is 24.9 Å². The van der Waals surface area contributed by atoms with Crippen LogP contribution in [-0.4, -0.2) is 67.4 Å². The Morgan fingerprint density at radius 2 is 0.958 bits per heavy atom. The smallest absolute Gasteiger partial charge is 0.325 e. The van der Waals surface area contributed by atoms with Crippen LogP contribution < -0.4 is 0 Å². The summed E-state index contributed by atoms with van der Waals surface area (Å²) >= 11 is 0. The quantitative estimate of drug-likeness (QED) is 0.217. The molecule has 0 aliphatic heterocycles. The zero-order chi connectivity index (χ0) is 18.9. The lowest BCUT2D eigenvalue weighted by Crippen LogP contribution is -2.41. The van der Waals surface area contributed by atoms with E-state index in [9.17, 15) is 30.0 Å². The Kier molecular flexibility index (Phi) is 10.7. The number of unbranched alkanes of at least 4 members (excludes halogenated alkanes) is 1. The fourth-order valence-corrected chi connectivity index (χ4v) is 1.79. The zero-order valence-electron chi connectivity index (χ0n) is 14.5. The molecule has 10 nitrogen and oxygen atoms in total. The molecule has 0 radical (unpaired) electrons. The third-order valence-electron chi connectivity index (χ3n) is 2.90. The molecule has 0 bridgehead atoms. The van der Waals surface area contributed by atoms with Crippen molar-refractivity contribution in [3.63, 3.8) is 0 Å². The average Bonchev–Trinajstić information content (AvgIpc) is 2.45. The fraction of sp³-hybridized carbons (Fsp3) is 0.857. The van der Waals surface area contributed by atoms with Crippen molar-refractivity contribution in [1.29, 1.82) is 0 Å². The van der Waals surface area contributed by atoms with Crippen molar-refractivity contribution in [2.75, 3.05) is 0 Å². The molecule has 0 rings (SSSR count). The Morgan fingerprint density at radius 1 is 0.708 bits per heavy atom. The highest BCUT2D eigenvalue weighted by molar-refractivity contribution is 5.70. The summed E-state index contributed by atoms with van der Waals surface area (Å²) in [6.07, 6.45) is -4.01. The van der Waals surface area contributed by atoms with E-state index in [1.807, 2.05) is 0 Å². The highest BCUT2D eigenvalue weighted by Gasteiger charge is 2.22. The molecule has 0 aliphatic rings. The summed E-state index contributed by atoms with van der Waals surface area (Å²) in [5, 5.41) is 38.8. The molecule has 4 atom stereocenters. The zero-order valence-corrected chi connectivity index (χ0v) is 14.5. The third kappa shape index (κ3) is 9.11. The summed E-state index contributed by atoms with van der Waals surface area (Å²) in [5.74, 6) is -1.31. The molecular weight excluding hydrogens is 324 g/mol. The molecule has 10 heteroatoms. The van der Waals surface area contributed by atoms with Gasteiger partial charge in [-0.3, -0.25) is 9.59 Å². The lowest BCUT2D eigenvalue weighted by Gasteiger charge is -2.26. The van der Waals surface area contributed by atoms with Gasteiger partial charge in [0, 0.05) is 12.8 Å². The second-order valence-electron chi connectivity index (χ2n) is 5.38. The van der Waals surface area contributed by atoms with Crippen molar-refractivity contribution in [1.82, 2.24) is 10.1 Å². The van der Waals surface area contributed by atoms with Crippen molar-refractivity contribution >= 4 is 11.9 Å². The summed E-state index contributed by atoms with van der Waals surface area (Å²) in [4.78, 5) is 32.8. The number of hydrogen-bond acceptors (Lipinski definition) is 10. The van der Waals surface area contributed by atoms with Crippen LogP contribution in [0.4, 0.5) is 0 Å². The van der Waals surface area contributed by atoms with Gasteiger partial charge in [0.05, 0.1) is 0 Å². The molecule has 4 N–H and O–H groups in total. The summed E-state index contributed by atoms with van der Waals surface area (Å²) in [6, 6.07) is 0. The topological polar surface area (TPSA) is 140 Å². The predicted octanol–water partition coefficient (Wildman–Crippen LogP) is -0.580. The number of carbonyl (C=O) groups excluding carboxylic acids is 2. The van der Waals surface area contributed by atoms with Crippen LogP contribution in [0.2, 0.25) is 0 Å². The summed E-state index contributed by atoms with van der Waals surface area (Å²) in [6.45, 7) is 5.36. The van der Waals surface area contributed by atoms with Gasteiger partial charge in [-0.05, 0) is 40.5 Å². The van der Waals surface area contributed by atoms with Crippen LogP contribution in [0.1, 0.15) is 53.4 Å². The number of rotatable bonds is 11. The molecule has 0 aromatic carbocycles. The first-order valence-corrected chi connectivity index (χ1v) is 7.76. The van der Waals surface area contributed by atoms with Crippen molar-refractivity contribution in [3.05, 3.63) is 0 Å². The van der Waals surface area contributed by atoms with Gasteiger partial charge in [-0.25, -0.2) is 0 Å². The molecular formula is C14H28N2O8. The van der Waals surface area contributed by atoms with E-state index in [-0.39, 0.29) is 12.8 Å². The van der Waals surface area contributed by atoms with Crippen molar-refractivity contribution in [3.8, 4) is 0 Å². The van der Waals surface area contributed by atoms with Crippen LogP contribution in [-0.2, 0) is 19.3 Å². The van der Waals surface area contributed by atoms with Crippen LogP contribution in [0.5, 0.6) is 0 Å². The van der Waals surface area contributed by atoms with Gasteiger partial charge in [0.15, 0.2) is 0 Å². The first-order chi connectivity index (χ1) is 11.1. The van der Waals surface area contributed by atoms with E-state index in [1.165, 1.54) is 27.7 Å². The number of carbonyl (C=O) groups is 2. The van der Waals surface area contributed by atoms with Crippen molar-refractivity contribution in [2.45, 2.75) is 78.3 Å². The minimum atomic E-state index is -1.16. The molecule has 0 fully saturated rings. The molecule has 24 heavy (non-hydrogen) atoms. The number of aliphatic hydroxyl groups is 4. The van der Waals surface area contributed by atoms with E-state index in [0.29, 0.717) is 12.8 Å². The van der Waals surface area contributed by atoms with Gasteiger partial charge in [-0.15, -0.1) is 0 Å². The molecule has 0 saturated heterocycles. The summed E-state index contributed by atoms with van der Waals surface area (Å²) < 4.78 is 0. The molecule has 0 amide bonds. The Hall–Kier alpha value is -1.30.